The van der Waals surface area contributed by atoms with Gasteiger partial charge in [-0.1, -0.05) is 84.9 Å². The summed E-state index contributed by atoms with van der Waals surface area (Å²) in [5.41, 5.74) is 9.89. The van der Waals surface area contributed by atoms with Crippen molar-refractivity contribution in [3.05, 3.63) is 133 Å². The average molecular weight is 551 g/mol. The SMILES string of the molecule is c1ccc2c(c1)oc1cc3cc4oc5cc(-c6ccc(-c7cccc8c7oc7ccccc78)cc6)ccc5c4cc3cc12. The van der Waals surface area contributed by atoms with Gasteiger partial charge in [0.15, 0.2) is 0 Å². The van der Waals surface area contributed by atoms with Gasteiger partial charge in [0.2, 0.25) is 0 Å². The van der Waals surface area contributed by atoms with Gasteiger partial charge in [0.25, 0.3) is 0 Å². The fourth-order valence-electron chi connectivity index (χ4n) is 6.74. The van der Waals surface area contributed by atoms with Crippen molar-refractivity contribution in [3.8, 4) is 22.3 Å². The van der Waals surface area contributed by atoms with E-state index in [4.69, 9.17) is 13.3 Å². The van der Waals surface area contributed by atoms with Crippen molar-refractivity contribution < 1.29 is 13.3 Å². The minimum absolute atomic E-state index is 0.879. The second-order valence-corrected chi connectivity index (χ2v) is 11.3. The van der Waals surface area contributed by atoms with Crippen molar-refractivity contribution in [2.24, 2.45) is 0 Å². The highest BCUT2D eigenvalue weighted by atomic mass is 16.3. The lowest BCUT2D eigenvalue weighted by molar-refractivity contribution is 0.668. The lowest BCUT2D eigenvalue weighted by Gasteiger charge is -2.06. The Balaban J connectivity index is 1.06. The Morgan fingerprint density at radius 3 is 1.60 bits per heavy atom. The third-order valence-electron chi connectivity index (χ3n) is 8.86. The molecule has 0 aliphatic heterocycles. The molecule has 0 aliphatic carbocycles. The summed E-state index contributed by atoms with van der Waals surface area (Å²) in [6.07, 6.45) is 0. The molecule has 0 N–H and O–H groups in total. The van der Waals surface area contributed by atoms with Gasteiger partial charge < -0.3 is 13.3 Å². The van der Waals surface area contributed by atoms with Gasteiger partial charge in [-0.15, -0.1) is 0 Å². The zero-order valence-electron chi connectivity index (χ0n) is 22.9. The van der Waals surface area contributed by atoms with E-state index in [0.29, 0.717) is 0 Å². The Morgan fingerprint density at radius 2 is 0.837 bits per heavy atom. The van der Waals surface area contributed by atoms with E-state index in [9.17, 15) is 0 Å². The van der Waals surface area contributed by atoms with Gasteiger partial charge in [-0.25, -0.2) is 0 Å². The maximum absolute atomic E-state index is 6.42. The van der Waals surface area contributed by atoms with Crippen LogP contribution in [0.4, 0.5) is 0 Å². The highest BCUT2D eigenvalue weighted by molar-refractivity contribution is 6.15. The molecule has 0 fully saturated rings. The summed E-state index contributed by atoms with van der Waals surface area (Å²) >= 11 is 0. The molecule has 0 saturated carbocycles. The Hall–Kier alpha value is -5.80. The maximum atomic E-state index is 6.42. The first-order chi connectivity index (χ1) is 21.3. The number of hydrogen-bond acceptors (Lipinski definition) is 3. The van der Waals surface area contributed by atoms with E-state index in [2.05, 4.69) is 109 Å². The van der Waals surface area contributed by atoms with Crippen LogP contribution in [0, 0.1) is 0 Å². The minimum atomic E-state index is 0.879. The van der Waals surface area contributed by atoms with Crippen molar-refractivity contribution in [3.63, 3.8) is 0 Å². The molecular formula is C40H22O3. The predicted octanol–water partition coefficient (Wildman–Crippen LogP) is 11.9. The third kappa shape index (κ3) is 3.30. The fourth-order valence-corrected chi connectivity index (χ4v) is 6.74. The molecule has 10 aromatic rings. The van der Waals surface area contributed by atoms with Gasteiger partial charge >= 0.3 is 0 Å². The third-order valence-corrected chi connectivity index (χ3v) is 8.86. The largest absolute Gasteiger partial charge is 0.456 e. The molecule has 10 rings (SSSR count). The van der Waals surface area contributed by atoms with Crippen LogP contribution in [0.3, 0.4) is 0 Å². The topological polar surface area (TPSA) is 39.4 Å². The van der Waals surface area contributed by atoms with Crippen LogP contribution in [0.1, 0.15) is 0 Å². The summed E-state index contributed by atoms with van der Waals surface area (Å²) in [7, 11) is 0. The molecule has 3 heterocycles. The van der Waals surface area contributed by atoms with Crippen LogP contribution in [-0.4, -0.2) is 0 Å². The van der Waals surface area contributed by atoms with Crippen LogP contribution in [0.25, 0.3) is 98.8 Å². The molecule has 43 heavy (non-hydrogen) atoms. The standard InChI is InChI=1S/C40H22O3/c1-4-11-36-29(6-1)32-9-5-8-28(40(32)43-36)24-14-12-23(13-15-24)25-16-17-31-34-19-26-18-33-30-7-2-3-10-35(30)41-38(33)21-27(26)22-39(34)42-37(31)20-25/h1-22H. The van der Waals surface area contributed by atoms with Crippen molar-refractivity contribution in [2.75, 3.05) is 0 Å². The molecule has 0 atom stereocenters. The zero-order chi connectivity index (χ0) is 28.1. The van der Waals surface area contributed by atoms with E-state index in [1.54, 1.807) is 0 Å². The lowest BCUT2D eigenvalue weighted by atomic mass is 9.98. The van der Waals surface area contributed by atoms with Crippen LogP contribution in [0.15, 0.2) is 147 Å². The van der Waals surface area contributed by atoms with Gasteiger partial charge in [0.1, 0.15) is 33.5 Å². The molecule has 0 amide bonds. The summed E-state index contributed by atoms with van der Waals surface area (Å²) in [6, 6.07) is 46.7. The quantitative estimate of drug-likeness (QED) is 0.215. The molecule has 3 heteroatoms. The number of fused-ring (bicyclic) bond motifs is 10. The Bertz CT molecular complexity index is 2720. The van der Waals surface area contributed by atoms with E-state index in [0.717, 1.165) is 93.5 Å². The smallest absolute Gasteiger partial charge is 0.143 e. The van der Waals surface area contributed by atoms with Crippen molar-refractivity contribution >= 4 is 76.6 Å². The van der Waals surface area contributed by atoms with Crippen molar-refractivity contribution in [2.45, 2.75) is 0 Å². The van der Waals surface area contributed by atoms with E-state index >= 15 is 0 Å². The van der Waals surface area contributed by atoms with Crippen LogP contribution >= 0.6 is 0 Å². The Morgan fingerprint density at radius 1 is 0.302 bits per heavy atom. The second kappa shape index (κ2) is 8.37. The Labute approximate surface area is 245 Å². The van der Waals surface area contributed by atoms with E-state index in [-0.39, 0.29) is 0 Å². The normalized spacial score (nSPS) is 12.2. The van der Waals surface area contributed by atoms with E-state index < -0.39 is 0 Å². The molecule has 0 aliphatic rings. The number of furan rings is 3. The summed E-state index contributed by atoms with van der Waals surface area (Å²) in [6.45, 7) is 0. The van der Waals surface area contributed by atoms with E-state index in [1.807, 2.05) is 24.3 Å². The maximum Gasteiger partial charge on any atom is 0.143 e. The minimum Gasteiger partial charge on any atom is -0.456 e. The van der Waals surface area contributed by atoms with Crippen molar-refractivity contribution in [1.82, 2.24) is 0 Å². The Kier molecular flexibility index (Phi) is 4.45. The lowest BCUT2D eigenvalue weighted by Crippen LogP contribution is -1.81. The molecule has 0 spiro atoms. The first-order valence-corrected chi connectivity index (χ1v) is 14.5. The van der Waals surface area contributed by atoms with Crippen LogP contribution in [0.5, 0.6) is 0 Å². The molecule has 3 aromatic heterocycles. The average Bonchev–Trinajstić information content (AvgIpc) is 3.73. The first-order valence-electron chi connectivity index (χ1n) is 14.5. The van der Waals surface area contributed by atoms with Gasteiger partial charge in [-0.3, -0.25) is 0 Å². The van der Waals surface area contributed by atoms with Gasteiger partial charge in [0.05, 0.1) is 0 Å². The summed E-state index contributed by atoms with van der Waals surface area (Å²) in [5.74, 6) is 0. The number of hydrogen-bond donors (Lipinski definition) is 0. The monoisotopic (exact) mass is 550 g/mol. The molecule has 7 aromatic carbocycles. The summed E-state index contributed by atoms with van der Waals surface area (Å²) in [5, 5.41) is 9.08. The molecular weight excluding hydrogens is 528 g/mol. The second-order valence-electron chi connectivity index (χ2n) is 11.3. The predicted molar refractivity (Wildman–Crippen MR) is 177 cm³/mol. The highest BCUT2D eigenvalue weighted by Crippen LogP contribution is 2.39. The fraction of sp³-hybridized carbons (Fsp3) is 0. The number of benzene rings is 7. The molecule has 3 nitrogen and oxygen atoms in total. The zero-order valence-corrected chi connectivity index (χ0v) is 22.9. The highest BCUT2D eigenvalue weighted by Gasteiger charge is 2.14. The van der Waals surface area contributed by atoms with Gasteiger partial charge in [0, 0.05) is 37.9 Å². The van der Waals surface area contributed by atoms with Gasteiger partial charge in [-0.05, 0) is 76.0 Å². The summed E-state index contributed by atoms with van der Waals surface area (Å²) < 4.78 is 18.8. The molecule has 0 unspecified atom stereocenters. The number of rotatable bonds is 2. The van der Waals surface area contributed by atoms with Crippen molar-refractivity contribution in [1.29, 1.82) is 0 Å². The molecule has 0 saturated heterocycles. The van der Waals surface area contributed by atoms with Gasteiger partial charge in [-0.2, -0.15) is 0 Å². The molecule has 0 bridgehead atoms. The number of para-hydroxylation sites is 3. The van der Waals surface area contributed by atoms with Crippen LogP contribution < -0.4 is 0 Å². The first kappa shape index (κ1) is 22.8. The van der Waals surface area contributed by atoms with Crippen LogP contribution in [-0.2, 0) is 0 Å². The molecule has 0 radical (unpaired) electrons. The summed E-state index contributed by atoms with van der Waals surface area (Å²) in [4.78, 5) is 0. The van der Waals surface area contributed by atoms with E-state index in [1.165, 1.54) is 5.39 Å². The van der Waals surface area contributed by atoms with Crippen LogP contribution in [0.2, 0.25) is 0 Å². The molecule has 200 valence electrons.